The number of carbonyl (C=O) groups excluding carboxylic acids is 1. The van der Waals surface area contributed by atoms with Crippen LogP contribution in [0.1, 0.15) is 22.3 Å². The molecule has 0 aliphatic carbocycles. The molecule has 0 saturated carbocycles. The van der Waals surface area contributed by atoms with E-state index in [1.807, 2.05) is 13.0 Å². The number of halogens is 1. The van der Waals surface area contributed by atoms with Crippen molar-refractivity contribution in [2.75, 3.05) is 12.4 Å². The first kappa shape index (κ1) is 18.2. The van der Waals surface area contributed by atoms with Gasteiger partial charge < -0.3 is 20.3 Å². The molecule has 0 bridgehead atoms. The summed E-state index contributed by atoms with van der Waals surface area (Å²) in [6.45, 7) is 1.85. The SMILES string of the molecule is COc1c(Cl)c(C)cc2c1NC(=O)C2(c1ccc(O)cc1)c1ccc(O)cc1. The molecule has 1 heterocycles. The summed E-state index contributed by atoms with van der Waals surface area (Å²) in [7, 11) is 1.51. The molecule has 0 fully saturated rings. The predicted molar refractivity (Wildman–Crippen MR) is 107 cm³/mol. The van der Waals surface area contributed by atoms with Gasteiger partial charge in [-0.05, 0) is 47.9 Å². The van der Waals surface area contributed by atoms with Crippen molar-refractivity contribution in [1.82, 2.24) is 0 Å². The van der Waals surface area contributed by atoms with Gasteiger partial charge in [0.15, 0.2) is 5.75 Å². The Kier molecular flexibility index (Phi) is 4.20. The van der Waals surface area contributed by atoms with Crippen LogP contribution < -0.4 is 10.1 Å². The summed E-state index contributed by atoms with van der Waals surface area (Å²) < 4.78 is 5.49. The molecule has 1 aliphatic rings. The number of aromatic hydroxyl groups is 2. The summed E-state index contributed by atoms with van der Waals surface area (Å²) in [6.07, 6.45) is 0. The van der Waals surface area contributed by atoms with Crippen LogP contribution in [0.15, 0.2) is 54.6 Å². The quantitative estimate of drug-likeness (QED) is 0.615. The maximum atomic E-state index is 13.5. The van der Waals surface area contributed by atoms with Crippen molar-refractivity contribution < 1.29 is 19.7 Å². The number of phenols is 2. The summed E-state index contributed by atoms with van der Waals surface area (Å²) >= 11 is 6.41. The molecular weight excluding hydrogens is 378 g/mol. The molecule has 3 aromatic rings. The number of carbonyl (C=O) groups is 1. The average Bonchev–Trinajstić information content (AvgIpc) is 2.96. The van der Waals surface area contributed by atoms with E-state index in [9.17, 15) is 15.0 Å². The number of aryl methyl sites for hydroxylation is 1. The van der Waals surface area contributed by atoms with Crippen LogP contribution in [0.25, 0.3) is 0 Å². The summed E-state index contributed by atoms with van der Waals surface area (Å²) in [5, 5.41) is 22.9. The van der Waals surface area contributed by atoms with E-state index in [4.69, 9.17) is 16.3 Å². The average molecular weight is 396 g/mol. The minimum absolute atomic E-state index is 0.105. The number of methoxy groups -OCH3 is 1. The fourth-order valence-corrected chi connectivity index (χ4v) is 4.09. The lowest BCUT2D eigenvalue weighted by atomic mass is 9.70. The van der Waals surface area contributed by atoms with E-state index in [1.165, 1.54) is 7.11 Å². The molecule has 1 amide bonds. The molecule has 6 heteroatoms. The van der Waals surface area contributed by atoms with Crippen molar-refractivity contribution in [2.24, 2.45) is 0 Å². The van der Waals surface area contributed by atoms with Crippen molar-refractivity contribution >= 4 is 23.2 Å². The van der Waals surface area contributed by atoms with Gasteiger partial charge in [0.1, 0.15) is 16.9 Å². The second-order valence-corrected chi connectivity index (χ2v) is 7.14. The second-order valence-electron chi connectivity index (χ2n) is 6.76. The van der Waals surface area contributed by atoms with Crippen LogP contribution in [0.2, 0.25) is 5.02 Å². The van der Waals surface area contributed by atoms with Crippen LogP contribution in [0, 0.1) is 6.92 Å². The number of hydrogen-bond acceptors (Lipinski definition) is 4. The van der Waals surface area contributed by atoms with E-state index in [0.717, 1.165) is 5.56 Å². The van der Waals surface area contributed by atoms with E-state index in [-0.39, 0.29) is 17.4 Å². The Morgan fingerprint density at radius 1 is 0.964 bits per heavy atom. The Balaban J connectivity index is 2.11. The molecule has 0 spiro atoms. The van der Waals surface area contributed by atoms with Gasteiger partial charge in [-0.25, -0.2) is 0 Å². The number of amides is 1. The van der Waals surface area contributed by atoms with Gasteiger partial charge >= 0.3 is 0 Å². The van der Waals surface area contributed by atoms with Crippen LogP contribution in [0.4, 0.5) is 5.69 Å². The zero-order valence-electron chi connectivity index (χ0n) is 15.3. The van der Waals surface area contributed by atoms with Gasteiger partial charge in [0.25, 0.3) is 0 Å². The Morgan fingerprint density at radius 2 is 1.46 bits per heavy atom. The highest BCUT2D eigenvalue weighted by Gasteiger charge is 2.51. The van der Waals surface area contributed by atoms with Crippen molar-refractivity contribution in [3.63, 3.8) is 0 Å². The van der Waals surface area contributed by atoms with E-state index >= 15 is 0 Å². The number of hydrogen-bond donors (Lipinski definition) is 3. The number of fused-ring (bicyclic) bond motifs is 1. The summed E-state index contributed by atoms with van der Waals surface area (Å²) in [4.78, 5) is 13.5. The van der Waals surface area contributed by atoms with Gasteiger partial charge in [-0.3, -0.25) is 4.79 Å². The van der Waals surface area contributed by atoms with Crippen LogP contribution in [-0.4, -0.2) is 23.2 Å². The summed E-state index contributed by atoms with van der Waals surface area (Å²) in [5.74, 6) is 0.351. The minimum atomic E-state index is -1.18. The van der Waals surface area contributed by atoms with Gasteiger partial charge in [0.2, 0.25) is 5.91 Å². The fraction of sp³-hybridized carbons (Fsp3) is 0.136. The highest BCUT2D eigenvalue weighted by atomic mass is 35.5. The van der Waals surface area contributed by atoms with Gasteiger partial charge in [0, 0.05) is 5.56 Å². The maximum absolute atomic E-state index is 13.5. The predicted octanol–water partition coefficient (Wildman–Crippen LogP) is 4.35. The standard InChI is InChI=1S/C22H18ClNO4/c1-12-11-17-19(20(28-2)18(12)23)24-21(27)22(17,13-3-7-15(25)8-4-13)14-5-9-16(26)10-6-14/h3-11,25-26H,1-2H3,(H,24,27). The normalized spacial score (nSPS) is 14.5. The van der Waals surface area contributed by atoms with Gasteiger partial charge in [-0.15, -0.1) is 0 Å². The van der Waals surface area contributed by atoms with Crippen molar-refractivity contribution in [3.05, 3.63) is 81.9 Å². The molecule has 3 aromatic carbocycles. The first-order valence-corrected chi connectivity index (χ1v) is 9.05. The Labute approximate surface area is 167 Å². The lowest BCUT2D eigenvalue weighted by Gasteiger charge is -2.29. The lowest BCUT2D eigenvalue weighted by molar-refractivity contribution is -0.118. The van der Waals surface area contributed by atoms with Gasteiger partial charge in [0.05, 0.1) is 17.8 Å². The van der Waals surface area contributed by atoms with Crippen molar-refractivity contribution in [3.8, 4) is 17.2 Å². The zero-order valence-corrected chi connectivity index (χ0v) is 16.0. The molecular formula is C22H18ClNO4. The minimum Gasteiger partial charge on any atom is -0.508 e. The number of anilines is 1. The third-order valence-electron chi connectivity index (χ3n) is 5.19. The van der Waals surface area contributed by atoms with Gasteiger partial charge in [-0.2, -0.15) is 0 Å². The van der Waals surface area contributed by atoms with Crippen molar-refractivity contribution in [2.45, 2.75) is 12.3 Å². The number of ether oxygens (including phenoxy) is 1. The Bertz CT molecular complexity index is 1030. The molecule has 5 nitrogen and oxygen atoms in total. The summed E-state index contributed by atoms with van der Waals surface area (Å²) in [6, 6.07) is 14.9. The topological polar surface area (TPSA) is 78.8 Å². The van der Waals surface area contributed by atoms with Crippen LogP contribution in [0.5, 0.6) is 17.2 Å². The van der Waals surface area contributed by atoms with E-state index in [0.29, 0.717) is 33.1 Å². The van der Waals surface area contributed by atoms with Crippen molar-refractivity contribution in [1.29, 1.82) is 0 Å². The van der Waals surface area contributed by atoms with E-state index < -0.39 is 5.41 Å². The molecule has 0 saturated heterocycles. The van der Waals surface area contributed by atoms with Crippen LogP contribution in [-0.2, 0) is 10.2 Å². The molecule has 0 aromatic heterocycles. The highest BCUT2D eigenvalue weighted by Crippen LogP contribution is 2.53. The molecule has 0 atom stereocenters. The number of phenolic OH excluding ortho intramolecular Hbond substituents is 2. The highest BCUT2D eigenvalue weighted by molar-refractivity contribution is 6.34. The molecule has 142 valence electrons. The molecule has 3 N–H and O–H groups in total. The maximum Gasteiger partial charge on any atom is 0.244 e. The number of nitrogens with one attached hydrogen (secondary N) is 1. The van der Waals surface area contributed by atoms with Crippen LogP contribution >= 0.6 is 11.6 Å². The largest absolute Gasteiger partial charge is 0.508 e. The zero-order chi connectivity index (χ0) is 20.1. The number of benzene rings is 3. The fourth-order valence-electron chi connectivity index (χ4n) is 3.87. The lowest BCUT2D eigenvalue weighted by Crippen LogP contribution is -2.37. The summed E-state index contributed by atoms with van der Waals surface area (Å²) in [5.41, 5.74) is 2.17. The van der Waals surface area contributed by atoms with Crippen LogP contribution in [0.3, 0.4) is 0 Å². The molecule has 1 aliphatic heterocycles. The molecule has 0 unspecified atom stereocenters. The van der Waals surface area contributed by atoms with Gasteiger partial charge in [-0.1, -0.05) is 41.9 Å². The second kappa shape index (κ2) is 6.46. The molecule has 4 rings (SSSR count). The Hall–Kier alpha value is -3.18. The first-order valence-electron chi connectivity index (χ1n) is 8.67. The monoisotopic (exact) mass is 395 g/mol. The molecule has 28 heavy (non-hydrogen) atoms. The third kappa shape index (κ3) is 2.43. The third-order valence-corrected chi connectivity index (χ3v) is 5.66. The molecule has 0 radical (unpaired) electrons. The first-order chi connectivity index (χ1) is 13.4. The number of rotatable bonds is 3. The van der Waals surface area contributed by atoms with E-state index in [2.05, 4.69) is 5.32 Å². The van der Waals surface area contributed by atoms with E-state index in [1.54, 1.807) is 48.5 Å². The Morgan fingerprint density at radius 3 is 1.93 bits per heavy atom. The smallest absolute Gasteiger partial charge is 0.244 e.